The van der Waals surface area contributed by atoms with Gasteiger partial charge in [-0.3, -0.25) is 0 Å². The third-order valence-corrected chi connectivity index (χ3v) is 3.06. The van der Waals surface area contributed by atoms with Crippen molar-refractivity contribution in [2.24, 2.45) is 0 Å². The molecule has 0 saturated carbocycles. The van der Waals surface area contributed by atoms with Gasteiger partial charge < -0.3 is 4.18 Å². The Morgan fingerprint density at radius 1 is 1.16 bits per heavy atom. The van der Waals surface area contributed by atoms with Crippen molar-refractivity contribution < 1.29 is 30.2 Å². The Morgan fingerprint density at radius 3 is 2.42 bits per heavy atom. The molecule has 2 rings (SSSR count). The van der Waals surface area contributed by atoms with Gasteiger partial charge in [0.1, 0.15) is 0 Å². The van der Waals surface area contributed by atoms with Crippen LogP contribution in [0.5, 0.6) is 5.88 Å². The predicted molar refractivity (Wildman–Crippen MR) is 57.3 cm³/mol. The fourth-order valence-corrected chi connectivity index (χ4v) is 1.70. The van der Waals surface area contributed by atoms with E-state index in [2.05, 4.69) is 9.17 Å². The number of alkyl halides is 3. The average Bonchev–Trinajstić information content (AvgIpc) is 2.28. The molecule has 0 bridgehead atoms. The van der Waals surface area contributed by atoms with Crippen molar-refractivity contribution in [1.82, 2.24) is 4.98 Å². The molecule has 0 amide bonds. The first-order valence-electron chi connectivity index (χ1n) is 4.77. The molecule has 1 aromatic heterocycles. The number of nitrogens with zero attached hydrogens (tertiary/aromatic N) is 1. The van der Waals surface area contributed by atoms with Crippen LogP contribution in [0.1, 0.15) is 0 Å². The molecular formula is C10H5F4NO3S. The molecule has 102 valence electrons. The molecule has 0 atom stereocenters. The zero-order valence-corrected chi connectivity index (χ0v) is 9.80. The van der Waals surface area contributed by atoms with Crippen molar-refractivity contribution in [3.05, 3.63) is 36.1 Å². The second-order valence-electron chi connectivity index (χ2n) is 3.45. The number of fused-ring (bicyclic) bond motifs is 1. The highest BCUT2D eigenvalue weighted by atomic mass is 32.2. The van der Waals surface area contributed by atoms with Gasteiger partial charge in [0.15, 0.2) is 5.82 Å². The molecule has 19 heavy (non-hydrogen) atoms. The van der Waals surface area contributed by atoms with Crippen LogP contribution in [0, 0.1) is 5.82 Å². The molecule has 0 aliphatic rings. The molecule has 0 spiro atoms. The van der Waals surface area contributed by atoms with Crippen LogP contribution in [0.2, 0.25) is 0 Å². The van der Waals surface area contributed by atoms with E-state index in [-0.39, 0.29) is 5.52 Å². The number of rotatable bonds is 2. The Labute approximate surface area is 104 Å². The smallest absolute Gasteiger partial charge is 0.352 e. The Morgan fingerprint density at radius 2 is 1.79 bits per heavy atom. The summed E-state index contributed by atoms with van der Waals surface area (Å²) in [6.07, 6.45) is 0. The minimum Gasteiger partial charge on any atom is -0.352 e. The summed E-state index contributed by atoms with van der Waals surface area (Å²) in [6, 6.07) is 6.75. The Kier molecular flexibility index (Phi) is 3.09. The second kappa shape index (κ2) is 4.34. The Balaban J connectivity index is 2.50. The van der Waals surface area contributed by atoms with Crippen LogP contribution >= 0.6 is 0 Å². The second-order valence-corrected chi connectivity index (χ2v) is 4.99. The zero-order valence-electron chi connectivity index (χ0n) is 8.98. The van der Waals surface area contributed by atoms with Gasteiger partial charge in [-0.1, -0.05) is 18.2 Å². The van der Waals surface area contributed by atoms with Crippen LogP contribution < -0.4 is 4.18 Å². The van der Waals surface area contributed by atoms with E-state index in [0.717, 1.165) is 6.07 Å². The maximum atomic E-state index is 13.4. The van der Waals surface area contributed by atoms with E-state index in [1.54, 1.807) is 6.07 Å². The topological polar surface area (TPSA) is 56.3 Å². The minimum absolute atomic E-state index is 0.108. The van der Waals surface area contributed by atoms with Crippen molar-refractivity contribution in [3.63, 3.8) is 0 Å². The molecule has 2 aromatic rings. The maximum absolute atomic E-state index is 13.4. The first-order valence-corrected chi connectivity index (χ1v) is 6.17. The summed E-state index contributed by atoms with van der Waals surface area (Å²) in [6.45, 7) is 0. The lowest BCUT2D eigenvalue weighted by atomic mass is 10.2. The summed E-state index contributed by atoms with van der Waals surface area (Å²) in [5, 5.41) is 0.303. The number of pyridine rings is 1. The fraction of sp³-hybridized carbons (Fsp3) is 0.100. The molecule has 4 nitrogen and oxygen atoms in total. The number of para-hydroxylation sites is 1. The quantitative estimate of drug-likeness (QED) is 0.485. The number of benzene rings is 1. The highest BCUT2D eigenvalue weighted by molar-refractivity contribution is 7.87. The van der Waals surface area contributed by atoms with Gasteiger partial charge in [-0.05, 0) is 12.1 Å². The van der Waals surface area contributed by atoms with Crippen LogP contribution in [0.4, 0.5) is 17.6 Å². The van der Waals surface area contributed by atoms with E-state index in [9.17, 15) is 26.0 Å². The largest absolute Gasteiger partial charge is 0.534 e. The number of hydrogen-bond donors (Lipinski definition) is 0. The summed E-state index contributed by atoms with van der Waals surface area (Å²) < 4.78 is 74.9. The van der Waals surface area contributed by atoms with Crippen LogP contribution in [-0.2, 0) is 10.1 Å². The predicted octanol–water partition coefficient (Wildman–Crippen LogP) is 2.60. The molecule has 0 fully saturated rings. The van der Waals surface area contributed by atoms with E-state index < -0.39 is 27.3 Å². The van der Waals surface area contributed by atoms with Crippen molar-refractivity contribution in [2.45, 2.75) is 5.51 Å². The van der Waals surface area contributed by atoms with Crippen LogP contribution in [0.25, 0.3) is 10.9 Å². The van der Waals surface area contributed by atoms with Crippen LogP contribution in [-0.4, -0.2) is 18.9 Å². The van der Waals surface area contributed by atoms with E-state index in [0.29, 0.717) is 5.39 Å². The van der Waals surface area contributed by atoms with Gasteiger partial charge in [0.05, 0.1) is 5.52 Å². The number of hydrogen-bond acceptors (Lipinski definition) is 4. The van der Waals surface area contributed by atoms with Gasteiger partial charge >= 0.3 is 15.6 Å². The van der Waals surface area contributed by atoms with Gasteiger partial charge in [-0.25, -0.2) is 9.37 Å². The van der Waals surface area contributed by atoms with Gasteiger partial charge in [-0.2, -0.15) is 21.6 Å². The van der Waals surface area contributed by atoms with E-state index >= 15 is 0 Å². The van der Waals surface area contributed by atoms with Crippen LogP contribution in [0.15, 0.2) is 30.3 Å². The highest BCUT2D eigenvalue weighted by Crippen LogP contribution is 2.28. The van der Waals surface area contributed by atoms with E-state index in [1.165, 1.54) is 18.2 Å². The van der Waals surface area contributed by atoms with Gasteiger partial charge in [0.25, 0.3) is 5.88 Å². The first-order chi connectivity index (χ1) is 8.71. The lowest BCUT2D eigenvalue weighted by Gasteiger charge is -2.09. The molecule has 0 unspecified atom stereocenters. The molecule has 1 aromatic carbocycles. The van der Waals surface area contributed by atoms with E-state index in [4.69, 9.17) is 0 Å². The number of halogens is 4. The van der Waals surface area contributed by atoms with Gasteiger partial charge in [-0.15, -0.1) is 0 Å². The number of aromatic nitrogens is 1. The standard InChI is InChI=1S/C10H5F4NO3S/c11-7-5-6-3-1-2-4-8(6)15-9(7)18-19(16,17)10(12,13)14/h1-5H. The molecule has 0 aliphatic heterocycles. The Hall–Kier alpha value is -1.90. The molecule has 0 aliphatic carbocycles. The summed E-state index contributed by atoms with van der Waals surface area (Å²) in [5.74, 6) is -2.54. The maximum Gasteiger partial charge on any atom is 0.534 e. The lowest BCUT2D eigenvalue weighted by Crippen LogP contribution is -2.28. The minimum atomic E-state index is -5.94. The van der Waals surface area contributed by atoms with Gasteiger partial charge in [0, 0.05) is 5.39 Å². The summed E-state index contributed by atoms with van der Waals surface area (Å²) in [4.78, 5) is 3.40. The molecular weight excluding hydrogens is 290 g/mol. The molecule has 0 N–H and O–H groups in total. The van der Waals surface area contributed by atoms with E-state index in [1.807, 2.05) is 0 Å². The third kappa shape index (κ3) is 2.60. The monoisotopic (exact) mass is 295 g/mol. The average molecular weight is 295 g/mol. The zero-order chi connectivity index (χ0) is 14.3. The van der Waals surface area contributed by atoms with Crippen molar-refractivity contribution in [2.75, 3.05) is 0 Å². The van der Waals surface area contributed by atoms with Crippen LogP contribution in [0.3, 0.4) is 0 Å². The first kappa shape index (κ1) is 13.5. The van der Waals surface area contributed by atoms with Crippen molar-refractivity contribution in [1.29, 1.82) is 0 Å². The molecule has 0 radical (unpaired) electrons. The normalized spacial score (nSPS) is 12.6. The SMILES string of the molecule is O=S(=O)(Oc1nc2ccccc2cc1F)C(F)(F)F. The molecule has 0 saturated heterocycles. The summed E-state index contributed by atoms with van der Waals surface area (Å²) in [7, 11) is -5.94. The third-order valence-electron chi connectivity index (χ3n) is 2.12. The van der Waals surface area contributed by atoms with Crippen molar-refractivity contribution in [3.8, 4) is 5.88 Å². The highest BCUT2D eigenvalue weighted by Gasteiger charge is 2.49. The molecule has 1 heterocycles. The van der Waals surface area contributed by atoms with Gasteiger partial charge in [0.2, 0.25) is 0 Å². The van der Waals surface area contributed by atoms with Crippen molar-refractivity contribution >= 4 is 21.0 Å². The molecule has 9 heteroatoms. The summed E-state index contributed by atoms with van der Waals surface area (Å²) >= 11 is 0. The Bertz CT molecular complexity index is 727. The summed E-state index contributed by atoms with van der Waals surface area (Å²) in [5.41, 5.74) is -5.54. The lowest BCUT2D eigenvalue weighted by molar-refractivity contribution is -0.0502. The fourth-order valence-electron chi connectivity index (χ4n) is 1.28.